The molecule has 0 amide bonds. The standard InChI is InChI=1S/C9H19F3N2/c1-7(2)8(13-3)5-14(4)6-9(10,11)12/h7-8,13H,5-6H2,1-4H3. The first kappa shape index (κ1) is 13.7. The first-order valence-corrected chi connectivity index (χ1v) is 4.69. The number of nitrogens with zero attached hydrogens (tertiary/aromatic N) is 1. The van der Waals surface area contributed by atoms with Gasteiger partial charge in [-0.3, -0.25) is 4.90 Å². The lowest BCUT2D eigenvalue weighted by Gasteiger charge is -2.27. The van der Waals surface area contributed by atoms with Crippen molar-refractivity contribution in [3.8, 4) is 0 Å². The Morgan fingerprint density at radius 3 is 2.07 bits per heavy atom. The molecule has 0 aromatic heterocycles. The van der Waals surface area contributed by atoms with Crippen molar-refractivity contribution in [2.24, 2.45) is 5.92 Å². The maximum absolute atomic E-state index is 12.0. The highest BCUT2D eigenvalue weighted by Gasteiger charge is 2.30. The molecule has 0 saturated carbocycles. The Hall–Kier alpha value is -0.290. The topological polar surface area (TPSA) is 15.3 Å². The van der Waals surface area contributed by atoms with Crippen molar-refractivity contribution >= 4 is 0 Å². The highest BCUT2D eigenvalue weighted by atomic mass is 19.4. The maximum atomic E-state index is 12.0. The summed E-state index contributed by atoms with van der Waals surface area (Å²) >= 11 is 0. The van der Waals surface area contributed by atoms with Crippen LogP contribution < -0.4 is 5.32 Å². The number of alkyl halides is 3. The summed E-state index contributed by atoms with van der Waals surface area (Å²) in [5.41, 5.74) is 0. The summed E-state index contributed by atoms with van der Waals surface area (Å²) < 4.78 is 36.0. The predicted octanol–water partition coefficient (Wildman–Crippen LogP) is 1.72. The van der Waals surface area contributed by atoms with Gasteiger partial charge in [-0.2, -0.15) is 13.2 Å². The van der Waals surface area contributed by atoms with E-state index in [1.807, 2.05) is 13.8 Å². The van der Waals surface area contributed by atoms with Crippen molar-refractivity contribution in [2.45, 2.75) is 26.1 Å². The largest absolute Gasteiger partial charge is 0.401 e. The molecule has 0 radical (unpaired) electrons. The van der Waals surface area contributed by atoms with E-state index in [4.69, 9.17) is 0 Å². The fraction of sp³-hybridized carbons (Fsp3) is 1.00. The molecule has 0 aliphatic carbocycles. The predicted molar refractivity (Wildman–Crippen MR) is 51.2 cm³/mol. The number of hydrogen-bond donors (Lipinski definition) is 1. The first-order chi connectivity index (χ1) is 6.26. The monoisotopic (exact) mass is 212 g/mol. The fourth-order valence-corrected chi connectivity index (χ4v) is 1.34. The van der Waals surface area contributed by atoms with Crippen molar-refractivity contribution in [1.82, 2.24) is 10.2 Å². The molecule has 0 aromatic rings. The zero-order valence-electron chi connectivity index (χ0n) is 9.15. The van der Waals surface area contributed by atoms with Crippen LogP contribution in [0.1, 0.15) is 13.8 Å². The van der Waals surface area contributed by atoms with E-state index in [9.17, 15) is 13.2 Å². The normalized spacial score (nSPS) is 15.2. The van der Waals surface area contributed by atoms with Gasteiger partial charge in [0, 0.05) is 12.6 Å². The molecule has 0 spiro atoms. The Labute approximate surface area is 83.5 Å². The Bertz CT molecular complexity index is 157. The van der Waals surface area contributed by atoms with E-state index < -0.39 is 12.7 Å². The molecule has 0 bridgehead atoms. The van der Waals surface area contributed by atoms with Crippen LogP contribution >= 0.6 is 0 Å². The number of nitrogens with one attached hydrogen (secondary N) is 1. The molecule has 5 heteroatoms. The van der Waals surface area contributed by atoms with Crippen LogP contribution in [0.4, 0.5) is 13.2 Å². The number of rotatable bonds is 5. The van der Waals surface area contributed by atoms with Crippen molar-refractivity contribution in [3.05, 3.63) is 0 Å². The third-order valence-electron chi connectivity index (χ3n) is 2.13. The molecule has 0 aliphatic rings. The second-order valence-electron chi connectivity index (χ2n) is 3.95. The molecule has 1 N–H and O–H groups in total. The molecular formula is C9H19F3N2. The van der Waals surface area contributed by atoms with Gasteiger partial charge in [-0.05, 0) is 20.0 Å². The van der Waals surface area contributed by atoms with Crippen molar-refractivity contribution in [1.29, 1.82) is 0 Å². The quantitative estimate of drug-likeness (QED) is 0.746. The molecular weight excluding hydrogens is 193 g/mol. The fourth-order valence-electron chi connectivity index (χ4n) is 1.34. The Kier molecular flexibility index (Phi) is 5.44. The lowest BCUT2D eigenvalue weighted by Crippen LogP contribution is -2.44. The SMILES string of the molecule is CNC(CN(C)CC(F)(F)F)C(C)C. The van der Waals surface area contributed by atoms with Gasteiger partial charge in [0.1, 0.15) is 0 Å². The van der Waals surface area contributed by atoms with E-state index in [2.05, 4.69) is 5.32 Å². The third-order valence-corrected chi connectivity index (χ3v) is 2.13. The summed E-state index contributed by atoms with van der Waals surface area (Å²) in [6, 6.07) is 0.0994. The van der Waals surface area contributed by atoms with E-state index in [0.29, 0.717) is 12.5 Å². The van der Waals surface area contributed by atoms with Gasteiger partial charge >= 0.3 is 6.18 Å². The van der Waals surface area contributed by atoms with Crippen LogP contribution in [0.15, 0.2) is 0 Å². The molecule has 0 aromatic carbocycles. The second kappa shape index (κ2) is 5.56. The Morgan fingerprint density at radius 2 is 1.79 bits per heavy atom. The number of likely N-dealkylation sites (N-methyl/N-ethyl adjacent to an activating group) is 2. The summed E-state index contributed by atoms with van der Waals surface area (Å²) in [6.45, 7) is 3.54. The van der Waals surface area contributed by atoms with Crippen LogP contribution in [0.25, 0.3) is 0 Å². The molecule has 0 heterocycles. The molecule has 1 unspecified atom stereocenters. The van der Waals surface area contributed by atoms with Gasteiger partial charge in [-0.25, -0.2) is 0 Å². The van der Waals surface area contributed by atoms with Gasteiger partial charge in [-0.15, -0.1) is 0 Å². The lowest BCUT2D eigenvalue weighted by atomic mass is 10.0. The van der Waals surface area contributed by atoms with Crippen LogP contribution in [0.3, 0.4) is 0 Å². The summed E-state index contributed by atoms with van der Waals surface area (Å²) in [7, 11) is 3.26. The van der Waals surface area contributed by atoms with Crippen molar-refractivity contribution < 1.29 is 13.2 Å². The van der Waals surface area contributed by atoms with Crippen LogP contribution in [-0.4, -0.2) is 44.3 Å². The van der Waals surface area contributed by atoms with Gasteiger partial charge in [0.2, 0.25) is 0 Å². The zero-order valence-corrected chi connectivity index (χ0v) is 9.15. The molecule has 0 saturated heterocycles. The second-order valence-corrected chi connectivity index (χ2v) is 3.95. The van der Waals surface area contributed by atoms with E-state index >= 15 is 0 Å². The van der Waals surface area contributed by atoms with Gasteiger partial charge in [0.05, 0.1) is 6.54 Å². The smallest absolute Gasteiger partial charge is 0.315 e. The minimum atomic E-state index is -4.11. The molecule has 86 valence electrons. The van der Waals surface area contributed by atoms with Crippen LogP contribution in [-0.2, 0) is 0 Å². The summed E-state index contributed by atoms with van der Waals surface area (Å²) in [6.07, 6.45) is -4.11. The molecule has 0 rings (SSSR count). The van der Waals surface area contributed by atoms with Crippen molar-refractivity contribution in [3.63, 3.8) is 0 Å². The molecule has 0 aliphatic heterocycles. The van der Waals surface area contributed by atoms with Crippen LogP contribution in [0.5, 0.6) is 0 Å². The molecule has 1 atom stereocenters. The zero-order chi connectivity index (χ0) is 11.4. The Balaban J connectivity index is 3.97. The van der Waals surface area contributed by atoms with E-state index in [1.165, 1.54) is 11.9 Å². The average Bonchev–Trinajstić information content (AvgIpc) is 1.96. The van der Waals surface area contributed by atoms with Gasteiger partial charge in [-0.1, -0.05) is 13.8 Å². The molecule has 14 heavy (non-hydrogen) atoms. The summed E-state index contributed by atoms with van der Waals surface area (Å²) in [4.78, 5) is 1.29. The van der Waals surface area contributed by atoms with E-state index in [1.54, 1.807) is 7.05 Å². The highest BCUT2D eigenvalue weighted by Crippen LogP contribution is 2.16. The summed E-state index contributed by atoms with van der Waals surface area (Å²) in [5.74, 6) is 0.329. The number of hydrogen-bond acceptors (Lipinski definition) is 2. The van der Waals surface area contributed by atoms with E-state index in [0.717, 1.165) is 0 Å². The van der Waals surface area contributed by atoms with Crippen molar-refractivity contribution in [2.75, 3.05) is 27.2 Å². The summed E-state index contributed by atoms with van der Waals surface area (Å²) in [5, 5.41) is 3.01. The molecule has 2 nitrogen and oxygen atoms in total. The van der Waals surface area contributed by atoms with Gasteiger partial charge in [0.15, 0.2) is 0 Å². The first-order valence-electron chi connectivity index (χ1n) is 4.69. The van der Waals surface area contributed by atoms with Gasteiger partial charge < -0.3 is 5.32 Å². The minimum absolute atomic E-state index is 0.0994. The van der Waals surface area contributed by atoms with E-state index in [-0.39, 0.29) is 6.04 Å². The maximum Gasteiger partial charge on any atom is 0.401 e. The Morgan fingerprint density at radius 1 is 1.29 bits per heavy atom. The number of halogens is 3. The highest BCUT2D eigenvalue weighted by molar-refractivity contribution is 4.73. The molecule has 0 fully saturated rings. The minimum Gasteiger partial charge on any atom is -0.315 e. The average molecular weight is 212 g/mol. The van der Waals surface area contributed by atoms with Crippen LogP contribution in [0, 0.1) is 5.92 Å². The van der Waals surface area contributed by atoms with Gasteiger partial charge in [0.25, 0.3) is 0 Å². The lowest BCUT2D eigenvalue weighted by molar-refractivity contribution is -0.143. The van der Waals surface area contributed by atoms with Crippen LogP contribution in [0.2, 0.25) is 0 Å². The third kappa shape index (κ3) is 6.21.